The van der Waals surface area contributed by atoms with Gasteiger partial charge < -0.3 is 14.8 Å². The van der Waals surface area contributed by atoms with Gasteiger partial charge in [-0.25, -0.2) is 14.4 Å². The lowest BCUT2D eigenvalue weighted by Gasteiger charge is -2.08. The van der Waals surface area contributed by atoms with E-state index in [4.69, 9.17) is 9.47 Å². The molecule has 0 radical (unpaired) electrons. The highest BCUT2D eigenvalue weighted by Gasteiger charge is 2.09. The number of halogens is 1. The van der Waals surface area contributed by atoms with Crippen LogP contribution in [0.4, 0.5) is 10.1 Å². The standard InChI is InChI=1S/C24H18FN3O3/c1-30-21-9-4-10-22(13-21)31-24-26-14-18(15-27-24)16-5-2-6-17(11-16)23(29)28-20-8-3-7-19(25)12-20/h2-15H,1H3,(H,28,29). The van der Waals surface area contributed by atoms with E-state index >= 15 is 0 Å². The zero-order valence-electron chi connectivity index (χ0n) is 16.6. The first-order valence-electron chi connectivity index (χ1n) is 9.42. The molecule has 0 spiro atoms. The lowest BCUT2D eigenvalue weighted by atomic mass is 10.1. The van der Waals surface area contributed by atoms with E-state index in [-0.39, 0.29) is 11.9 Å². The van der Waals surface area contributed by atoms with Gasteiger partial charge in [0.05, 0.1) is 7.11 Å². The molecular formula is C24H18FN3O3. The highest BCUT2D eigenvalue weighted by atomic mass is 19.1. The van der Waals surface area contributed by atoms with Crippen molar-refractivity contribution < 1.29 is 18.7 Å². The summed E-state index contributed by atoms with van der Waals surface area (Å²) in [6.45, 7) is 0. The molecular weight excluding hydrogens is 397 g/mol. The van der Waals surface area contributed by atoms with E-state index in [1.54, 1.807) is 55.9 Å². The maximum Gasteiger partial charge on any atom is 0.321 e. The Hall–Kier alpha value is -4.26. The number of amides is 1. The summed E-state index contributed by atoms with van der Waals surface area (Å²) in [5.74, 6) is 0.469. The Kier molecular flexibility index (Phi) is 5.84. The Morgan fingerprint density at radius 1 is 0.871 bits per heavy atom. The van der Waals surface area contributed by atoms with E-state index in [2.05, 4.69) is 15.3 Å². The van der Waals surface area contributed by atoms with E-state index in [0.29, 0.717) is 22.7 Å². The number of ether oxygens (including phenoxy) is 2. The monoisotopic (exact) mass is 415 g/mol. The summed E-state index contributed by atoms with van der Waals surface area (Å²) < 4.78 is 24.2. The lowest BCUT2D eigenvalue weighted by molar-refractivity contribution is 0.102. The highest BCUT2D eigenvalue weighted by molar-refractivity contribution is 6.04. The molecule has 1 N–H and O–H groups in total. The van der Waals surface area contributed by atoms with Crippen molar-refractivity contribution in [2.75, 3.05) is 12.4 Å². The maximum absolute atomic E-state index is 13.3. The molecule has 154 valence electrons. The summed E-state index contributed by atoms with van der Waals surface area (Å²) in [7, 11) is 1.58. The predicted octanol–water partition coefficient (Wildman–Crippen LogP) is 5.34. The largest absolute Gasteiger partial charge is 0.497 e. The van der Waals surface area contributed by atoms with Gasteiger partial charge in [-0.3, -0.25) is 4.79 Å². The van der Waals surface area contributed by atoms with Gasteiger partial charge >= 0.3 is 6.01 Å². The van der Waals surface area contributed by atoms with Crippen molar-refractivity contribution in [1.29, 1.82) is 0 Å². The number of anilines is 1. The molecule has 0 saturated carbocycles. The van der Waals surface area contributed by atoms with Crippen LogP contribution >= 0.6 is 0 Å². The summed E-state index contributed by atoms with van der Waals surface area (Å²) >= 11 is 0. The molecule has 0 unspecified atom stereocenters. The van der Waals surface area contributed by atoms with Gasteiger partial charge in [-0.15, -0.1) is 0 Å². The number of benzene rings is 3. The van der Waals surface area contributed by atoms with Crippen molar-refractivity contribution in [3.63, 3.8) is 0 Å². The minimum Gasteiger partial charge on any atom is -0.497 e. The third-order valence-electron chi connectivity index (χ3n) is 4.42. The maximum atomic E-state index is 13.3. The van der Waals surface area contributed by atoms with Gasteiger partial charge in [0.2, 0.25) is 0 Å². The molecule has 0 fully saturated rings. The zero-order valence-corrected chi connectivity index (χ0v) is 16.6. The molecule has 1 amide bonds. The molecule has 0 saturated heterocycles. The van der Waals surface area contributed by atoms with Crippen LogP contribution in [-0.2, 0) is 0 Å². The number of carbonyl (C=O) groups is 1. The SMILES string of the molecule is COc1cccc(Oc2ncc(-c3cccc(C(=O)Nc4cccc(F)c4)c3)cn2)c1. The fraction of sp³-hybridized carbons (Fsp3) is 0.0417. The molecule has 0 aliphatic carbocycles. The number of nitrogens with zero attached hydrogens (tertiary/aromatic N) is 2. The van der Waals surface area contributed by atoms with Crippen LogP contribution in [0.3, 0.4) is 0 Å². The van der Waals surface area contributed by atoms with Crippen LogP contribution in [0, 0.1) is 5.82 Å². The number of methoxy groups -OCH3 is 1. The molecule has 4 rings (SSSR count). The Labute approximate surface area is 178 Å². The lowest BCUT2D eigenvalue weighted by Crippen LogP contribution is -2.12. The molecule has 7 heteroatoms. The Balaban J connectivity index is 1.49. The van der Waals surface area contributed by atoms with Crippen LogP contribution in [0.15, 0.2) is 85.2 Å². The summed E-state index contributed by atoms with van der Waals surface area (Å²) in [5.41, 5.74) is 2.30. The first kappa shape index (κ1) is 20.0. The summed E-state index contributed by atoms with van der Waals surface area (Å²) in [6.07, 6.45) is 3.23. The van der Waals surface area contributed by atoms with E-state index in [1.807, 2.05) is 18.2 Å². The van der Waals surface area contributed by atoms with Crippen LogP contribution in [0.25, 0.3) is 11.1 Å². The normalized spacial score (nSPS) is 10.4. The molecule has 6 nitrogen and oxygen atoms in total. The van der Waals surface area contributed by atoms with Gasteiger partial charge in [0.25, 0.3) is 5.91 Å². The minimum absolute atomic E-state index is 0.192. The fourth-order valence-corrected chi connectivity index (χ4v) is 2.90. The highest BCUT2D eigenvalue weighted by Crippen LogP contribution is 2.25. The molecule has 1 heterocycles. The molecule has 0 atom stereocenters. The van der Waals surface area contributed by atoms with E-state index in [9.17, 15) is 9.18 Å². The Morgan fingerprint density at radius 2 is 1.61 bits per heavy atom. The molecule has 4 aromatic rings. The van der Waals surface area contributed by atoms with Crippen molar-refractivity contribution in [2.24, 2.45) is 0 Å². The van der Waals surface area contributed by atoms with Crippen molar-refractivity contribution in [3.05, 3.63) is 96.6 Å². The number of hydrogen-bond donors (Lipinski definition) is 1. The topological polar surface area (TPSA) is 73.3 Å². The second-order valence-electron chi connectivity index (χ2n) is 6.58. The number of nitrogens with one attached hydrogen (secondary N) is 1. The molecule has 0 aliphatic heterocycles. The van der Waals surface area contributed by atoms with Gasteiger partial charge in [0, 0.05) is 35.3 Å². The first-order valence-corrected chi connectivity index (χ1v) is 9.42. The second-order valence-corrected chi connectivity index (χ2v) is 6.58. The summed E-state index contributed by atoms with van der Waals surface area (Å²) in [6, 6.07) is 20.1. The van der Waals surface area contributed by atoms with Gasteiger partial charge in [0.15, 0.2) is 0 Å². The Morgan fingerprint density at radius 3 is 2.39 bits per heavy atom. The fourth-order valence-electron chi connectivity index (χ4n) is 2.90. The average molecular weight is 415 g/mol. The third kappa shape index (κ3) is 5.02. The van der Waals surface area contributed by atoms with Crippen molar-refractivity contribution in [2.45, 2.75) is 0 Å². The molecule has 3 aromatic carbocycles. The van der Waals surface area contributed by atoms with Gasteiger partial charge in [-0.1, -0.05) is 24.3 Å². The number of hydrogen-bond acceptors (Lipinski definition) is 5. The van der Waals surface area contributed by atoms with Gasteiger partial charge in [0.1, 0.15) is 17.3 Å². The van der Waals surface area contributed by atoms with Crippen LogP contribution < -0.4 is 14.8 Å². The smallest absolute Gasteiger partial charge is 0.321 e. The van der Waals surface area contributed by atoms with Crippen LogP contribution in [-0.4, -0.2) is 23.0 Å². The van der Waals surface area contributed by atoms with E-state index in [0.717, 1.165) is 11.1 Å². The molecule has 0 bridgehead atoms. The third-order valence-corrected chi connectivity index (χ3v) is 4.42. The van der Waals surface area contributed by atoms with Gasteiger partial charge in [-0.05, 0) is 48.0 Å². The quantitative estimate of drug-likeness (QED) is 0.460. The second kappa shape index (κ2) is 9.04. The molecule has 31 heavy (non-hydrogen) atoms. The first-order chi connectivity index (χ1) is 15.1. The summed E-state index contributed by atoms with van der Waals surface area (Å²) in [5, 5.41) is 2.68. The van der Waals surface area contributed by atoms with E-state index < -0.39 is 5.82 Å². The molecule has 1 aromatic heterocycles. The van der Waals surface area contributed by atoms with Crippen LogP contribution in [0.5, 0.6) is 17.5 Å². The van der Waals surface area contributed by atoms with Crippen LogP contribution in [0.2, 0.25) is 0 Å². The number of aromatic nitrogens is 2. The van der Waals surface area contributed by atoms with Crippen LogP contribution in [0.1, 0.15) is 10.4 Å². The number of rotatable bonds is 6. The van der Waals surface area contributed by atoms with Gasteiger partial charge in [-0.2, -0.15) is 0 Å². The van der Waals surface area contributed by atoms with Crippen molar-refractivity contribution in [1.82, 2.24) is 9.97 Å². The zero-order chi connectivity index (χ0) is 21.6. The Bertz CT molecular complexity index is 1210. The predicted molar refractivity (Wildman–Crippen MR) is 115 cm³/mol. The van der Waals surface area contributed by atoms with Crippen molar-refractivity contribution >= 4 is 11.6 Å². The number of carbonyl (C=O) groups excluding carboxylic acids is 1. The average Bonchev–Trinajstić information content (AvgIpc) is 2.80. The van der Waals surface area contributed by atoms with E-state index in [1.165, 1.54) is 18.2 Å². The summed E-state index contributed by atoms with van der Waals surface area (Å²) in [4.78, 5) is 21.0. The molecule has 0 aliphatic rings. The van der Waals surface area contributed by atoms with Crippen molar-refractivity contribution in [3.8, 4) is 28.6 Å². The minimum atomic E-state index is -0.417.